The fourth-order valence-corrected chi connectivity index (χ4v) is 3.30. The first-order chi connectivity index (χ1) is 11.8. The summed E-state index contributed by atoms with van der Waals surface area (Å²) >= 11 is 0. The van der Waals surface area contributed by atoms with Crippen molar-refractivity contribution in [2.45, 2.75) is 46.1 Å². The molecular formula is C21H32N2O. The maximum Gasteiger partial charge on any atom is 0.124 e. The van der Waals surface area contributed by atoms with Crippen LogP contribution in [0.5, 0.6) is 5.75 Å². The zero-order valence-electron chi connectivity index (χ0n) is 15.4. The molecule has 3 nitrogen and oxygen atoms in total. The molecule has 132 valence electrons. The molecule has 1 atom stereocenters. The largest absolute Gasteiger partial charge is 0.493 e. The summed E-state index contributed by atoms with van der Waals surface area (Å²) in [5, 5.41) is 2.51. The molecule has 2 rings (SSSR count). The van der Waals surface area contributed by atoms with Crippen molar-refractivity contribution in [3.8, 4) is 5.75 Å². The van der Waals surface area contributed by atoms with Crippen molar-refractivity contribution in [3.63, 3.8) is 0 Å². The second-order valence-electron chi connectivity index (χ2n) is 6.28. The molecule has 0 aliphatic carbocycles. The Morgan fingerprint density at radius 2 is 1.83 bits per heavy atom. The monoisotopic (exact) mass is 328 g/mol. The lowest BCUT2D eigenvalue weighted by molar-refractivity contribution is 0.204. The summed E-state index contributed by atoms with van der Waals surface area (Å²) in [5.41, 5.74) is 7.50. The molecular weight excluding hydrogens is 296 g/mol. The zero-order valence-corrected chi connectivity index (χ0v) is 15.4. The summed E-state index contributed by atoms with van der Waals surface area (Å²) in [4.78, 5) is 2.49. The van der Waals surface area contributed by atoms with Crippen molar-refractivity contribution in [2.75, 3.05) is 26.2 Å². The number of hydrogen-bond donors (Lipinski definition) is 1. The van der Waals surface area contributed by atoms with Crippen LogP contribution < -0.4 is 10.5 Å². The van der Waals surface area contributed by atoms with Crippen LogP contribution in [0.25, 0.3) is 10.8 Å². The summed E-state index contributed by atoms with van der Waals surface area (Å²) in [6, 6.07) is 13.0. The van der Waals surface area contributed by atoms with Crippen molar-refractivity contribution in [1.82, 2.24) is 4.90 Å². The van der Waals surface area contributed by atoms with Gasteiger partial charge in [-0.25, -0.2) is 0 Å². The number of fused-ring (bicyclic) bond motifs is 1. The molecule has 0 spiro atoms. The molecule has 0 amide bonds. The Kier molecular flexibility index (Phi) is 7.54. The first kappa shape index (κ1) is 18.8. The van der Waals surface area contributed by atoms with Crippen molar-refractivity contribution in [3.05, 3.63) is 42.0 Å². The van der Waals surface area contributed by atoms with E-state index in [9.17, 15) is 0 Å². The molecule has 24 heavy (non-hydrogen) atoms. The first-order valence-electron chi connectivity index (χ1n) is 9.35. The quantitative estimate of drug-likeness (QED) is 0.684. The Morgan fingerprint density at radius 1 is 1.04 bits per heavy atom. The summed E-state index contributed by atoms with van der Waals surface area (Å²) in [6.45, 7) is 10.0. The van der Waals surface area contributed by atoms with Crippen LogP contribution in [0.4, 0.5) is 0 Å². The molecule has 0 heterocycles. The van der Waals surface area contributed by atoms with Gasteiger partial charge < -0.3 is 10.5 Å². The molecule has 0 bridgehead atoms. The Morgan fingerprint density at radius 3 is 2.50 bits per heavy atom. The second kappa shape index (κ2) is 9.65. The van der Waals surface area contributed by atoms with Crippen LogP contribution >= 0.6 is 0 Å². The van der Waals surface area contributed by atoms with E-state index in [2.05, 4.69) is 62.1 Å². The molecule has 0 saturated heterocycles. The fourth-order valence-electron chi connectivity index (χ4n) is 3.30. The molecule has 0 fully saturated rings. The average Bonchev–Trinajstić information content (AvgIpc) is 2.63. The Bertz CT molecular complexity index is 626. The standard InChI is InChI=1S/C21H32N2O/c1-4-7-14-23(6-3)19(16-22)21-18-11-9-8-10-17(18)12-13-20(21)24-15-5-2/h8-13,19H,4-7,14-16,22H2,1-3H3. The van der Waals surface area contributed by atoms with Gasteiger partial charge in [-0.3, -0.25) is 4.90 Å². The zero-order chi connectivity index (χ0) is 17.4. The van der Waals surface area contributed by atoms with Crippen LogP contribution in [0.3, 0.4) is 0 Å². The maximum absolute atomic E-state index is 6.24. The lowest BCUT2D eigenvalue weighted by Crippen LogP contribution is -2.35. The van der Waals surface area contributed by atoms with E-state index in [1.165, 1.54) is 29.2 Å². The molecule has 0 aliphatic rings. The van der Waals surface area contributed by atoms with E-state index in [0.29, 0.717) is 6.54 Å². The van der Waals surface area contributed by atoms with Gasteiger partial charge in [0, 0.05) is 12.1 Å². The summed E-state index contributed by atoms with van der Waals surface area (Å²) in [5.74, 6) is 0.987. The number of unbranched alkanes of at least 4 members (excludes halogenated alkanes) is 1. The van der Waals surface area contributed by atoms with Gasteiger partial charge >= 0.3 is 0 Å². The fraction of sp³-hybridized carbons (Fsp3) is 0.524. The van der Waals surface area contributed by atoms with Gasteiger partial charge in [0.1, 0.15) is 5.75 Å². The number of ether oxygens (including phenoxy) is 1. The molecule has 0 aromatic heterocycles. The van der Waals surface area contributed by atoms with E-state index in [1.54, 1.807) is 0 Å². The third-order valence-electron chi connectivity index (χ3n) is 4.59. The minimum absolute atomic E-state index is 0.194. The van der Waals surface area contributed by atoms with Gasteiger partial charge in [0.05, 0.1) is 12.6 Å². The normalized spacial score (nSPS) is 12.7. The van der Waals surface area contributed by atoms with Crippen molar-refractivity contribution >= 4 is 10.8 Å². The molecule has 0 saturated carbocycles. The number of rotatable bonds is 10. The third-order valence-corrected chi connectivity index (χ3v) is 4.59. The number of benzene rings is 2. The number of likely N-dealkylation sites (N-methyl/N-ethyl adjacent to an activating group) is 1. The molecule has 2 aromatic rings. The topological polar surface area (TPSA) is 38.5 Å². The maximum atomic E-state index is 6.24. The highest BCUT2D eigenvalue weighted by atomic mass is 16.5. The van der Waals surface area contributed by atoms with Crippen LogP contribution in [0, 0.1) is 0 Å². The smallest absolute Gasteiger partial charge is 0.124 e. The highest BCUT2D eigenvalue weighted by Gasteiger charge is 2.23. The Hall–Kier alpha value is -1.58. The van der Waals surface area contributed by atoms with Crippen molar-refractivity contribution in [2.24, 2.45) is 5.73 Å². The van der Waals surface area contributed by atoms with Gasteiger partial charge in [-0.05, 0) is 42.8 Å². The molecule has 2 aromatic carbocycles. The van der Waals surface area contributed by atoms with E-state index in [-0.39, 0.29) is 6.04 Å². The van der Waals surface area contributed by atoms with E-state index >= 15 is 0 Å². The van der Waals surface area contributed by atoms with Crippen LogP contribution in [-0.4, -0.2) is 31.1 Å². The van der Waals surface area contributed by atoms with E-state index in [4.69, 9.17) is 10.5 Å². The Balaban J connectivity index is 2.51. The molecule has 0 aliphatic heterocycles. The van der Waals surface area contributed by atoms with E-state index in [0.717, 1.165) is 31.9 Å². The predicted octanol–water partition coefficient (Wildman–Crippen LogP) is 4.75. The van der Waals surface area contributed by atoms with Crippen LogP contribution in [-0.2, 0) is 0 Å². The van der Waals surface area contributed by atoms with Gasteiger partial charge in [-0.15, -0.1) is 0 Å². The van der Waals surface area contributed by atoms with Crippen LogP contribution in [0.15, 0.2) is 36.4 Å². The van der Waals surface area contributed by atoms with Crippen LogP contribution in [0.1, 0.15) is 51.6 Å². The number of hydrogen-bond acceptors (Lipinski definition) is 3. The SMILES string of the molecule is CCCCN(CC)C(CN)c1c(OCCC)ccc2ccccc12. The average molecular weight is 328 g/mol. The summed E-state index contributed by atoms with van der Waals surface area (Å²) in [6.07, 6.45) is 3.40. The van der Waals surface area contributed by atoms with Crippen molar-refractivity contribution in [1.29, 1.82) is 0 Å². The molecule has 0 radical (unpaired) electrons. The molecule has 1 unspecified atom stereocenters. The Labute approximate surface area is 146 Å². The van der Waals surface area contributed by atoms with Crippen molar-refractivity contribution < 1.29 is 4.74 Å². The van der Waals surface area contributed by atoms with Gasteiger partial charge in [0.15, 0.2) is 0 Å². The number of nitrogens with two attached hydrogens (primary N) is 1. The summed E-state index contributed by atoms with van der Waals surface area (Å²) in [7, 11) is 0. The lowest BCUT2D eigenvalue weighted by Gasteiger charge is -2.32. The highest BCUT2D eigenvalue weighted by molar-refractivity contribution is 5.88. The minimum Gasteiger partial charge on any atom is -0.493 e. The summed E-state index contributed by atoms with van der Waals surface area (Å²) < 4.78 is 6.09. The predicted molar refractivity (Wildman–Crippen MR) is 104 cm³/mol. The van der Waals surface area contributed by atoms with Gasteiger partial charge in [-0.2, -0.15) is 0 Å². The molecule has 3 heteroatoms. The first-order valence-corrected chi connectivity index (χ1v) is 9.35. The van der Waals surface area contributed by atoms with Gasteiger partial charge in [-0.1, -0.05) is 57.5 Å². The van der Waals surface area contributed by atoms with Gasteiger partial charge in [0.2, 0.25) is 0 Å². The highest BCUT2D eigenvalue weighted by Crippen LogP contribution is 2.36. The molecule has 2 N–H and O–H groups in total. The number of nitrogens with zero attached hydrogens (tertiary/aromatic N) is 1. The van der Waals surface area contributed by atoms with Crippen LogP contribution in [0.2, 0.25) is 0 Å². The lowest BCUT2D eigenvalue weighted by atomic mass is 9.96. The minimum atomic E-state index is 0.194. The van der Waals surface area contributed by atoms with Gasteiger partial charge in [0.25, 0.3) is 0 Å². The second-order valence-corrected chi connectivity index (χ2v) is 6.28. The third kappa shape index (κ3) is 4.28. The van der Waals surface area contributed by atoms with E-state index in [1.807, 2.05) is 0 Å². The van der Waals surface area contributed by atoms with E-state index < -0.39 is 0 Å².